The second kappa shape index (κ2) is 7.15. The summed E-state index contributed by atoms with van der Waals surface area (Å²) < 4.78 is 19.3. The average Bonchev–Trinajstić information content (AvgIpc) is 2.34. The molecule has 98 valence electrons. The van der Waals surface area contributed by atoms with Crippen LogP contribution in [0, 0.1) is 23.6 Å². The Kier molecular flexibility index (Phi) is 5.84. The van der Waals surface area contributed by atoms with Crippen molar-refractivity contribution in [1.82, 2.24) is 0 Å². The van der Waals surface area contributed by atoms with Gasteiger partial charge >= 0.3 is 0 Å². The lowest BCUT2D eigenvalue weighted by Gasteiger charge is -2.16. The molecule has 0 aliphatic heterocycles. The van der Waals surface area contributed by atoms with Crippen LogP contribution in [-0.4, -0.2) is 17.8 Å². The molecular weight excluding hydrogens is 231 g/mol. The predicted molar refractivity (Wildman–Crippen MR) is 69.5 cm³/mol. The van der Waals surface area contributed by atoms with Gasteiger partial charge in [-0.2, -0.15) is 0 Å². The molecule has 0 aliphatic rings. The smallest absolute Gasteiger partial charge is 0.129 e. The number of benzene rings is 1. The summed E-state index contributed by atoms with van der Waals surface area (Å²) in [5.41, 5.74) is 1.08. The van der Waals surface area contributed by atoms with Crippen LogP contribution in [0.5, 0.6) is 0 Å². The molecule has 3 heteroatoms. The van der Waals surface area contributed by atoms with Crippen LogP contribution in [0.25, 0.3) is 0 Å². The second-order valence-corrected chi connectivity index (χ2v) is 4.53. The van der Waals surface area contributed by atoms with Crippen molar-refractivity contribution in [3.05, 3.63) is 35.1 Å². The molecule has 0 spiro atoms. The lowest BCUT2D eigenvalue weighted by atomic mass is 10.1. The van der Waals surface area contributed by atoms with Gasteiger partial charge in [0.25, 0.3) is 0 Å². The molecule has 0 aromatic heterocycles. The number of ether oxygens (including phenoxy) is 1. The Bertz CT molecular complexity index is 444. The molecule has 0 bridgehead atoms. The molecule has 0 aliphatic carbocycles. The molecule has 0 amide bonds. The van der Waals surface area contributed by atoms with E-state index in [0.29, 0.717) is 17.0 Å². The summed E-state index contributed by atoms with van der Waals surface area (Å²) >= 11 is 0. The van der Waals surface area contributed by atoms with Gasteiger partial charge in [-0.3, -0.25) is 0 Å². The van der Waals surface area contributed by atoms with E-state index in [2.05, 4.69) is 25.7 Å². The lowest BCUT2D eigenvalue weighted by molar-refractivity contribution is 0.0221. The minimum atomic E-state index is -0.323. The van der Waals surface area contributed by atoms with Gasteiger partial charge in [-0.05, 0) is 25.0 Å². The molecule has 2 nitrogen and oxygen atoms in total. The van der Waals surface area contributed by atoms with Crippen LogP contribution < -0.4 is 0 Å². The van der Waals surface area contributed by atoms with Crippen molar-refractivity contribution >= 4 is 0 Å². The monoisotopic (exact) mass is 250 g/mol. The van der Waals surface area contributed by atoms with E-state index < -0.39 is 0 Å². The maximum Gasteiger partial charge on any atom is 0.129 e. The summed E-state index contributed by atoms with van der Waals surface area (Å²) in [4.78, 5) is 0. The summed E-state index contributed by atoms with van der Waals surface area (Å²) in [5.74, 6) is 5.23. The highest BCUT2D eigenvalue weighted by Gasteiger charge is 2.09. The summed E-state index contributed by atoms with van der Waals surface area (Å²) in [6.45, 7) is 6.14. The van der Waals surface area contributed by atoms with Crippen LogP contribution in [0.2, 0.25) is 0 Å². The lowest BCUT2D eigenvalue weighted by Crippen LogP contribution is -2.15. The molecule has 0 saturated carbocycles. The van der Waals surface area contributed by atoms with Crippen LogP contribution in [0.1, 0.15) is 31.9 Å². The Morgan fingerprint density at radius 2 is 2.06 bits per heavy atom. The first-order chi connectivity index (χ1) is 8.54. The van der Waals surface area contributed by atoms with Crippen LogP contribution in [-0.2, 0) is 11.3 Å². The van der Waals surface area contributed by atoms with Crippen LogP contribution in [0.3, 0.4) is 0 Å². The fourth-order valence-electron chi connectivity index (χ4n) is 1.30. The molecule has 1 N–H and O–H groups in total. The first-order valence-corrected chi connectivity index (χ1v) is 6.04. The first-order valence-electron chi connectivity index (χ1n) is 6.04. The Morgan fingerprint density at radius 1 is 1.33 bits per heavy atom. The third kappa shape index (κ3) is 4.48. The molecule has 1 aromatic rings. The van der Waals surface area contributed by atoms with Crippen molar-refractivity contribution in [1.29, 1.82) is 0 Å². The van der Waals surface area contributed by atoms with Crippen molar-refractivity contribution in [3.63, 3.8) is 0 Å². The van der Waals surface area contributed by atoms with Gasteiger partial charge in [0.15, 0.2) is 0 Å². The zero-order valence-corrected chi connectivity index (χ0v) is 11.0. The molecule has 0 radical (unpaired) electrons. The van der Waals surface area contributed by atoms with Crippen LogP contribution in [0.15, 0.2) is 18.2 Å². The van der Waals surface area contributed by atoms with Gasteiger partial charge < -0.3 is 9.84 Å². The molecule has 18 heavy (non-hydrogen) atoms. The van der Waals surface area contributed by atoms with E-state index in [0.717, 1.165) is 0 Å². The second-order valence-electron chi connectivity index (χ2n) is 4.53. The SMILES string of the molecule is CC(C)C(C)OCc1ccc(C#CCO)cc1F. The molecule has 0 saturated heterocycles. The van der Waals surface area contributed by atoms with E-state index in [1.165, 1.54) is 6.07 Å². The first kappa shape index (κ1) is 14.7. The van der Waals surface area contributed by atoms with E-state index in [1.54, 1.807) is 12.1 Å². The Hall–Kier alpha value is -1.37. The quantitative estimate of drug-likeness (QED) is 0.833. The van der Waals surface area contributed by atoms with Crippen molar-refractivity contribution < 1.29 is 14.2 Å². The molecule has 0 heterocycles. The van der Waals surface area contributed by atoms with Gasteiger partial charge in [0.1, 0.15) is 12.4 Å². The molecule has 1 rings (SSSR count). The van der Waals surface area contributed by atoms with E-state index in [4.69, 9.17) is 9.84 Å². The highest BCUT2D eigenvalue weighted by atomic mass is 19.1. The zero-order valence-electron chi connectivity index (χ0n) is 11.0. The number of aliphatic hydroxyl groups excluding tert-OH is 1. The summed E-state index contributed by atoms with van der Waals surface area (Å²) in [5, 5.41) is 8.56. The molecule has 0 fully saturated rings. The Balaban J connectivity index is 2.68. The topological polar surface area (TPSA) is 29.5 Å². The minimum absolute atomic E-state index is 0.0956. The fraction of sp³-hybridized carbons (Fsp3) is 0.467. The summed E-state index contributed by atoms with van der Waals surface area (Å²) in [6.07, 6.45) is 0.0956. The highest BCUT2D eigenvalue weighted by molar-refractivity contribution is 5.36. The summed E-state index contributed by atoms with van der Waals surface area (Å²) in [6, 6.07) is 4.76. The standard InChI is InChI=1S/C15H19FO2/c1-11(2)12(3)18-10-14-7-6-13(5-4-8-17)9-15(14)16/h6-7,9,11-12,17H,8,10H2,1-3H3. The van der Waals surface area contributed by atoms with Crippen molar-refractivity contribution in [2.24, 2.45) is 5.92 Å². The van der Waals surface area contributed by atoms with Crippen molar-refractivity contribution in [2.45, 2.75) is 33.5 Å². The van der Waals surface area contributed by atoms with Gasteiger partial charge in [0.2, 0.25) is 0 Å². The normalized spacial score (nSPS) is 12.1. The van der Waals surface area contributed by atoms with Gasteiger partial charge in [-0.1, -0.05) is 31.8 Å². The molecular formula is C15H19FO2. The van der Waals surface area contributed by atoms with E-state index in [1.807, 2.05) is 6.92 Å². The van der Waals surface area contributed by atoms with E-state index in [-0.39, 0.29) is 25.1 Å². The Morgan fingerprint density at radius 3 is 2.61 bits per heavy atom. The van der Waals surface area contributed by atoms with Gasteiger partial charge in [-0.25, -0.2) is 4.39 Å². The van der Waals surface area contributed by atoms with Gasteiger partial charge in [0, 0.05) is 11.1 Å². The number of rotatable bonds is 4. The van der Waals surface area contributed by atoms with Crippen molar-refractivity contribution in [2.75, 3.05) is 6.61 Å². The highest BCUT2D eigenvalue weighted by Crippen LogP contribution is 2.14. The third-order valence-electron chi connectivity index (χ3n) is 2.81. The fourth-order valence-corrected chi connectivity index (χ4v) is 1.30. The molecule has 1 atom stereocenters. The number of hydrogen-bond acceptors (Lipinski definition) is 2. The predicted octanol–water partition coefficient (Wildman–Crippen LogP) is 2.73. The molecule has 1 aromatic carbocycles. The third-order valence-corrected chi connectivity index (χ3v) is 2.81. The van der Waals surface area contributed by atoms with Crippen LogP contribution >= 0.6 is 0 Å². The minimum Gasteiger partial charge on any atom is -0.384 e. The zero-order chi connectivity index (χ0) is 13.5. The van der Waals surface area contributed by atoms with E-state index >= 15 is 0 Å². The van der Waals surface area contributed by atoms with Crippen LogP contribution in [0.4, 0.5) is 4.39 Å². The number of hydrogen-bond donors (Lipinski definition) is 1. The Labute approximate surface area is 108 Å². The summed E-state index contributed by atoms with van der Waals surface area (Å²) in [7, 11) is 0. The van der Waals surface area contributed by atoms with Gasteiger partial charge in [0.05, 0.1) is 12.7 Å². The largest absolute Gasteiger partial charge is 0.384 e. The van der Waals surface area contributed by atoms with Crippen molar-refractivity contribution in [3.8, 4) is 11.8 Å². The number of halogens is 1. The van der Waals surface area contributed by atoms with Gasteiger partial charge in [-0.15, -0.1) is 0 Å². The average molecular weight is 250 g/mol. The maximum absolute atomic E-state index is 13.7. The number of aliphatic hydroxyl groups is 1. The maximum atomic E-state index is 13.7. The van der Waals surface area contributed by atoms with E-state index in [9.17, 15) is 4.39 Å². The molecule has 1 unspecified atom stereocenters.